The summed E-state index contributed by atoms with van der Waals surface area (Å²) in [6.07, 6.45) is 3.19. The molecule has 222 valence electrons. The molecular formula is C29H29ClN8O4S. The summed E-state index contributed by atoms with van der Waals surface area (Å²) in [6, 6.07) is 13.3. The quantitative estimate of drug-likeness (QED) is 0.224. The Labute approximate surface area is 253 Å². The molecule has 0 atom stereocenters. The van der Waals surface area contributed by atoms with Gasteiger partial charge in [-0.3, -0.25) is 14.2 Å². The van der Waals surface area contributed by atoms with Crippen molar-refractivity contribution in [3.8, 4) is 34.5 Å². The van der Waals surface area contributed by atoms with Crippen molar-refractivity contribution < 1.29 is 13.2 Å². The Balaban J connectivity index is 1.38. The van der Waals surface area contributed by atoms with Gasteiger partial charge in [-0.25, -0.2) is 18.1 Å². The number of H-pyrrole nitrogens is 1. The average molecular weight is 621 g/mol. The van der Waals surface area contributed by atoms with E-state index in [1.54, 1.807) is 48.3 Å². The molecule has 2 aromatic carbocycles. The number of aromatic amines is 1. The summed E-state index contributed by atoms with van der Waals surface area (Å²) in [5, 5.41) is 18.3. The van der Waals surface area contributed by atoms with Crippen LogP contribution in [0.25, 0.3) is 33.7 Å². The van der Waals surface area contributed by atoms with E-state index in [0.29, 0.717) is 57.3 Å². The predicted molar refractivity (Wildman–Crippen MR) is 162 cm³/mol. The van der Waals surface area contributed by atoms with Crippen LogP contribution >= 0.6 is 11.6 Å². The lowest BCUT2D eigenvalue weighted by Crippen LogP contribution is -2.27. The van der Waals surface area contributed by atoms with Crippen molar-refractivity contribution in [1.29, 1.82) is 5.26 Å². The van der Waals surface area contributed by atoms with E-state index in [0.717, 1.165) is 12.0 Å². The fourth-order valence-electron chi connectivity index (χ4n) is 4.71. The molecular weight excluding hydrogens is 592 g/mol. The molecule has 0 spiro atoms. The third-order valence-electron chi connectivity index (χ3n) is 6.72. The summed E-state index contributed by atoms with van der Waals surface area (Å²) in [5.41, 5.74) is 3.22. The smallest absolute Gasteiger partial charge is 0.277 e. The van der Waals surface area contributed by atoms with Gasteiger partial charge < -0.3 is 9.72 Å². The minimum atomic E-state index is -3.95. The Bertz CT molecular complexity index is 2020. The third kappa shape index (κ3) is 6.17. The van der Waals surface area contributed by atoms with Crippen molar-refractivity contribution in [2.75, 3.05) is 13.2 Å². The second kappa shape index (κ2) is 12.4. The highest BCUT2D eigenvalue weighted by Crippen LogP contribution is 2.31. The fraction of sp³-hybridized carbons (Fsp3) is 0.276. The van der Waals surface area contributed by atoms with Crippen LogP contribution in [0.1, 0.15) is 31.5 Å². The molecule has 0 bridgehead atoms. The van der Waals surface area contributed by atoms with E-state index in [9.17, 15) is 13.2 Å². The van der Waals surface area contributed by atoms with Gasteiger partial charge in [0.05, 0.1) is 45.6 Å². The maximum Gasteiger partial charge on any atom is 0.277 e. The summed E-state index contributed by atoms with van der Waals surface area (Å²) in [5.74, 6) is 0.576. The summed E-state index contributed by atoms with van der Waals surface area (Å²) in [6.45, 7) is 4.49. The largest absolute Gasteiger partial charge is 0.493 e. The van der Waals surface area contributed by atoms with Crippen molar-refractivity contribution in [3.05, 3.63) is 75.3 Å². The molecule has 14 heteroatoms. The standard InChI is InChI=1S/C29H29ClN8O4S/c1-4-6-24-26-27(37(3)35-24)29(39)34-28(33-26)21-16-20(9-10-25(21)42-5-2)43(40,41)32-12-14-38-13-11-23(36-38)18-7-8-19(17-31)22(30)15-18/h7-11,13,15-16,32H,4-6,12,14H2,1-3H3,(H,33,34,39). The molecule has 0 aliphatic heterocycles. The lowest BCUT2D eigenvalue weighted by atomic mass is 10.1. The molecule has 3 aromatic heterocycles. The molecule has 5 rings (SSSR count). The van der Waals surface area contributed by atoms with Crippen LogP contribution in [-0.2, 0) is 30.0 Å². The van der Waals surface area contributed by atoms with E-state index in [2.05, 4.69) is 24.9 Å². The molecule has 3 heterocycles. The summed E-state index contributed by atoms with van der Waals surface area (Å²) in [4.78, 5) is 20.5. The van der Waals surface area contributed by atoms with E-state index in [4.69, 9.17) is 21.6 Å². The molecule has 12 nitrogen and oxygen atoms in total. The van der Waals surface area contributed by atoms with Gasteiger partial charge >= 0.3 is 0 Å². The van der Waals surface area contributed by atoms with E-state index < -0.39 is 10.0 Å². The molecule has 0 aliphatic carbocycles. The van der Waals surface area contributed by atoms with Crippen LogP contribution in [0, 0.1) is 11.3 Å². The van der Waals surface area contributed by atoms with Gasteiger partial charge in [-0.1, -0.05) is 31.0 Å². The number of aromatic nitrogens is 6. The van der Waals surface area contributed by atoms with E-state index in [1.807, 2.05) is 19.9 Å². The van der Waals surface area contributed by atoms with Gasteiger partial charge in [0.1, 0.15) is 23.2 Å². The van der Waals surface area contributed by atoms with Gasteiger partial charge in [0.2, 0.25) is 10.0 Å². The van der Waals surface area contributed by atoms with E-state index >= 15 is 0 Å². The Morgan fingerprint density at radius 3 is 2.67 bits per heavy atom. The number of aryl methyl sites for hydroxylation is 2. The Morgan fingerprint density at radius 2 is 1.95 bits per heavy atom. The molecule has 2 N–H and O–H groups in total. The third-order valence-corrected chi connectivity index (χ3v) is 8.50. The highest BCUT2D eigenvalue weighted by atomic mass is 35.5. The fourth-order valence-corrected chi connectivity index (χ4v) is 5.98. The molecule has 0 fully saturated rings. The van der Waals surface area contributed by atoms with E-state index in [1.165, 1.54) is 16.8 Å². The van der Waals surface area contributed by atoms with Gasteiger partial charge in [0.15, 0.2) is 5.52 Å². The zero-order valence-corrected chi connectivity index (χ0v) is 25.3. The van der Waals surface area contributed by atoms with Gasteiger partial charge in [0.25, 0.3) is 5.56 Å². The Kier molecular flexibility index (Phi) is 8.63. The number of benzene rings is 2. The predicted octanol–water partition coefficient (Wildman–Crippen LogP) is 4.04. The monoisotopic (exact) mass is 620 g/mol. The maximum absolute atomic E-state index is 13.3. The topological polar surface area (TPSA) is 161 Å². The zero-order chi connectivity index (χ0) is 30.7. The highest BCUT2D eigenvalue weighted by molar-refractivity contribution is 7.89. The number of hydrogen-bond acceptors (Lipinski definition) is 8. The summed E-state index contributed by atoms with van der Waals surface area (Å²) in [7, 11) is -2.26. The minimum absolute atomic E-state index is 0.0120. The summed E-state index contributed by atoms with van der Waals surface area (Å²) < 4.78 is 38.1. The number of nitriles is 1. The number of rotatable bonds is 11. The zero-order valence-electron chi connectivity index (χ0n) is 23.8. The van der Waals surface area contributed by atoms with Crippen molar-refractivity contribution in [3.63, 3.8) is 0 Å². The van der Waals surface area contributed by atoms with Gasteiger partial charge in [-0.2, -0.15) is 15.5 Å². The number of sulfonamides is 1. The molecule has 0 saturated carbocycles. The lowest BCUT2D eigenvalue weighted by Gasteiger charge is -2.13. The molecule has 0 saturated heterocycles. The molecule has 0 amide bonds. The van der Waals surface area contributed by atoms with E-state index in [-0.39, 0.29) is 29.4 Å². The number of halogens is 1. The molecule has 43 heavy (non-hydrogen) atoms. The van der Waals surface area contributed by atoms with Gasteiger partial charge in [0, 0.05) is 25.4 Å². The number of ether oxygens (including phenoxy) is 1. The Morgan fingerprint density at radius 1 is 1.14 bits per heavy atom. The lowest BCUT2D eigenvalue weighted by molar-refractivity contribution is 0.341. The first kappa shape index (κ1) is 30.0. The van der Waals surface area contributed by atoms with Gasteiger partial charge in [-0.05, 0) is 49.7 Å². The second-order valence-electron chi connectivity index (χ2n) is 9.69. The first-order valence-electron chi connectivity index (χ1n) is 13.6. The maximum atomic E-state index is 13.3. The molecule has 0 unspecified atom stereocenters. The molecule has 5 aromatic rings. The molecule has 0 aliphatic rings. The first-order chi connectivity index (χ1) is 20.6. The van der Waals surface area contributed by atoms with Crippen molar-refractivity contribution in [2.45, 2.75) is 38.1 Å². The first-order valence-corrected chi connectivity index (χ1v) is 15.5. The van der Waals surface area contributed by atoms with Crippen LogP contribution in [0.15, 0.2) is 58.4 Å². The number of nitrogens with zero attached hydrogens (tertiary/aromatic N) is 6. The highest BCUT2D eigenvalue weighted by Gasteiger charge is 2.21. The normalized spacial score (nSPS) is 11.6. The van der Waals surface area contributed by atoms with Crippen molar-refractivity contribution in [2.24, 2.45) is 7.05 Å². The number of hydrogen-bond donors (Lipinski definition) is 2. The van der Waals surface area contributed by atoms with Crippen LogP contribution < -0.4 is 15.0 Å². The SMILES string of the molecule is CCCc1nn(C)c2c(=O)[nH]c(-c3cc(S(=O)(=O)NCCn4ccc(-c5ccc(C#N)c(Cl)c5)n4)ccc3OCC)nc12. The average Bonchev–Trinajstić information content (AvgIpc) is 3.58. The van der Waals surface area contributed by atoms with Crippen LogP contribution in [-0.4, -0.2) is 51.1 Å². The van der Waals surface area contributed by atoms with Crippen LogP contribution in [0.5, 0.6) is 5.75 Å². The second-order valence-corrected chi connectivity index (χ2v) is 11.9. The number of fused-ring (bicyclic) bond motifs is 1. The van der Waals surface area contributed by atoms with Crippen molar-refractivity contribution in [1.82, 2.24) is 34.3 Å². The summed E-state index contributed by atoms with van der Waals surface area (Å²) >= 11 is 6.14. The van der Waals surface area contributed by atoms with Gasteiger partial charge in [-0.15, -0.1) is 0 Å². The van der Waals surface area contributed by atoms with Crippen LogP contribution in [0.2, 0.25) is 5.02 Å². The molecule has 0 radical (unpaired) electrons. The van der Waals surface area contributed by atoms with Crippen molar-refractivity contribution >= 4 is 32.7 Å². The van der Waals surface area contributed by atoms with Crippen LogP contribution in [0.3, 0.4) is 0 Å². The Hall–Kier alpha value is -4.51. The van der Waals surface area contributed by atoms with Crippen LogP contribution in [0.4, 0.5) is 0 Å². The number of nitrogens with one attached hydrogen (secondary N) is 2. The minimum Gasteiger partial charge on any atom is -0.493 e.